The summed E-state index contributed by atoms with van der Waals surface area (Å²) in [4.78, 5) is -0.120. The van der Waals surface area contributed by atoms with E-state index in [1.807, 2.05) is 0 Å². The lowest BCUT2D eigenvalue weighted by atomic mass is 10.2. The van der Waals surface area contributed by atoms with Crippen molar-refractivity contribution < 1.29 is 21.6 Å². The van der Waals surface area contributed by atoms with Crippen molar-refractivity contribution in [3.8, 4) is 0 Å². The summed E-state index contributed by atoms with van der Waals surface area (Å²) in [6.07, 6.45) is -5.62. The van der Waals surface area contributed by atoms with Gasteiger partial charge in [-0.15, -0.1) is 0 Å². The lowest BCUT2D eigenvalue weighted by molar-refractivity contribution is -0.135. The molecule has 1 aromatic carbocycles. The third-order valence-electron chi connectivity index (χ3n) is 2.38. The minimum Gasteiger partial charge on any atom is -0.398 e. The Morgan fingerprint density at radius 3 is 2.47 bits per heavy atom. The highest BCUT2D eigenvalue weighted by Gasteiger charge is 2.26. The highest BCUT2D eigenvalue weighted by molar-refractivity contribution is 7.89. The van der Waals surface area contributed by atoms with Gasteiger partial charge in [-0.1, -0.05) is 6.07 Å². The van der Waals surface area contributed by atoms with Crippen molar-refractivity contribution in [1.29, 1.82) is 0 Å². The van der Waals surface area contributed by atoms with Crippen LogP contribution < -0.4 is 10.5 Å². The van der Waals surface area contributed by atoms with E-state index in [1.165, 1.54) is 12.1 Å². The summed E-state index contributed by atoms with van der Waals surface area (Å²) in [6.45, 7) is 1.47. The molecule has 0 aliphatic heterocycles. The standard InChI is InChI=1S/C11H15F3N2O2S/c1-8-3-4-10(9(15)7-8)19(17,18)16-6-2-5-11(12,13)14/h3-4,7,16H,2,5-6,15H2,1H3. The summed E-state index contributed by atoms with van der Waals surface area (Å²) in [5.74, 6) is 0. The van der Waals surface area contributed by atoms with Gasteiger partial charge in [-0.2, -0.15) is 13.2 Å². The summed E-state index contributed by atoms with van der Waals surface area (Å²) in [5, 5.41) is 0. The fraction of sp³-hybridized carbons (Fsp3) is 0.455. The summed E-state index contributed by atoms with van der Waals surface area (Å²) < 4.78 is 61.5. The fourth-order valence-corrected chi connectivity index (χ4v) is 2.67. The van der Waals surface area contributed by atoms with E-state index < -0.39 is 22.6 Å². The Bertz CT molecular complexity index is 541. The monoisotopic (exact) mass is 296 g/mol. The van der Waals surface area contributed by atoms with Gasteiger partial charge in [0.1, 0.15) is 4.90 Å². The summed E-state index contributed by atoms with van der Waals surface area (Å²) in [7, 11) is -3.87. The van der Waals surface area contributed by atoms with Crippen LogP contribution in [0.3, 0.4) is 0 Å². The van der Waals surface area contributed by atoms with Crippen LogP contribution in [0.5, 0.6) is 0 Å². The number of rotatable bonds is 5. The van der Waals surface area contributed by atoms with Crippen molar-refractivity contribution >= 4 is 15.7 Å². The molecule has 108 valence electrons. The number of hydrogen-bond acceptors (Lipinski definition) is 3. The molecule has 0 unspecified atom stereocenters. The number of nitrogens with two attached hydrogens (primary N) is 1. The molecule has 1 rings (SSSR count). The lowest BCUT2D eigenvalue weighted by Gasteiger charge is -2.10. The Labute approximate surface area is 109 Å². The van der Waals surface area contributed by atoms with E-state index in [1.54, 1.807) is 13.0 Å². The smallest absolute Gasteiger partial charge is 0.389 e. The number of benzene rings is 1. The Morgan fingerprint density at radius 1 is 1.32 bits per heavy atom. The zero-order valence-corrected chi connectivity index (χ0v) is 11.1. The molecule has 0 saturated carbocycles. The molecule has 0 saturated heterocycles. The molecule has 0 radical (unpaired) electrons. The maximum absolute atomic E-state index is 11.9. The van der Waals surface area contributed by atoms with Crippen LogP contribution in [0.25, 0.3) is 0 Å². The molecule has 0 aromatic heterocycles. The first-order valence-electron chi connectivity index (χ1n) is 5.54. The second-order valence-corrected chi connectivity index (χ2v) is 5.89. The molecular weight excluding hydrogens is 281 g/mol. The number of halogens is 3. The molecule has 0 heterocycles. The van der Waals surface area contributed by atoms with Crippen molar-refractivity contribution in [2.75, 3.05) is 12.3 Å². The Balaban J connectivity index is 2.66. The topological polar surface area (TPSA) is 72.2 Å². The van der Waals surface area contributed by atoms with Gasteiger partial charge in [0.25, 0.3) is 0 Å². The molecular formula is C11H15F3N2O2S. The molecule has 0 aliphatic rings. The lowest BCUT2D eigenvalue weighted by Crippen LogP contribution is -2.26. The van der Waals surface area contributed by atoms with E-state index >= 15 is 0 Å². The zero-order valence-electron chi connectivity index (χ0n) is 10.3. The molecule has 1 aromatic rings. The summed E-state index contributed by atoms with van der Waals surface area (Å²) in [6, 6.07) is 4.39. The molecule has 3 N–H and O–H groups in total. The third-order valence-corrected chi connectivity index (χ3v) is 3.92. The zero-order chi connectivity index (χ0) is 14.7. The van der Waals surface area contributed by atoms with Crippen LogP contribution >= 0.6 is 0 Å². The van der Waals surface area contributed by atoms with Crippen LogP contribution in [-0.2, 0) is 10.0 Å². The average Bonchev–Trinajstić information content (AvgIpc) is 2.22. The second kappa shape index (κ2) is 5.79. The van der Waals surface area contributed by atoms with E-state index in [2.05, 4.69) is 4.72 Å². The Kier molecular flexibility index (Phi) is 4.81. The van der Waals surface area contributed by atoms with Crippen LogP contribution in [0.15, 0.2) is 23.1 Å². The predicted octanol–water partition coefficient (Wildman–Crippen LogP) is 2.20. The molecule has 0 fully saturated rings. The predicted molar refractivity (Wildman–Crippen MR) is 66.1 cm³/mol. The van der Waals surface area contributed by atoms with Gasteiger partial charge in [0.15, 0.2) is 0 Å². The van der Waals surface area contributed by atoms with Crippen LogP contribution in [0.1, 0.15) is 18.4 Å². The maximum Gasteiger partial charge on any atom is 0.389 e. The first-order chi connectivity index (χ1) is 8.62. The maximum atomic E-state index is 11.9. The molecule has 0 spiro atoms. The number of aryl methyl sites for hydroxylation is 1. The van der Waals surface area contributed by atoms with E-state index in [-0.39, 0.29) is 23.5 Å². The van der Waals surface area contributed by atoms with Crippen LogP contribution in [0, 0.1) is 6.92 Å². The molecule has 0 amide bonds. The van der Waals surface area contributed by atoms with Gasteiger partial charge in [-0.3, -0.25) is 0 Å². The highest BCUT2D eigenvalue weighted by Crippen LogP contribution is 2.22. The van der Waals surface area contributed by atoms with E-state index in [0.29, 0.717) is 0 Å². The summed E-state index contributed by atoms with van der Waals surface area (Å²) >= 11 is 0. The third kappa shape index (κ3) is 5.07. The molecule has 8 heteroatoms. The normalized spacial score (nSPS) is 12.6. The van der Waals surface area contributed by atoms with Crippen molar-refractivity contribution in [1.82, 2.24) is 4.72 Å². The van der Waals surface area contributed by atoms with Gasteiger partial charge in [0.2, 0.25) is 10.0 Å². The van der Waals surface area contributed by atoms with Crippen LogP contribution in [0.4, 0.5) is 18.9 Å². The van der Waals surface area contributed by atoms with E-state index in [4.69, 9.17) is 5.73 Å². The first kappa shape index (κ1) is 15.8. The number of nitrogen functional groups attached to an aromatic ring is 1. The number of sulfonamides is 1. The number of nitrogens with one attached hydrogen (secondary N) is 1. The van der Waals surface area contributed by atoms with Crippen LogP contribution in [-0.4, -0.2) is 21.1 Å². The number of alkyl halides is 3. The molecule has 4 nitrogen and oxygen atoms in total. The fourth-order valence-electron chi connectivity index (χ4n) is 1.49. The quantitative estimate of drug-likeness (QED) is 0.646. The van der Waals surface area contributed by atoms with Crippen molar-refractivity contribution in [2.24, 2.45) is 0 Å². The van der Waals surface area contributed by atoms with E-state index in [0.717, 1.165) is 5.56 Å². The van der Waals surface area contributed by atoms with Gasteiger partial charge < -0.3 is 5.73 Å². The largest absolute Gasteiger partial charge is 0.398 e. The molecule has 19 heavy (non-hydrogen) atoms. The minimum absolute atomic E-state index is 0.0725. The van der Waals surface area contributed by atoms with Crippen molar-refractivity contribution in [3.05, 3.63) is 23.8 Å². The molecule has 0 aliphatic carbocycles. The summed E-state index contributed by atoms with van der Waals surface area (Å²) in [5.41, 5.74) is 6.45. The Hall–Kier alpha value is -1.28. The van der Waals surface area contributed by atoms with Crippen molar-refractivity contribution in [3.63, 3.8) is 0 Å². The minimum atomic E-state index is -4.28. The average molecular weight is 296 g/mol. The number of hydrogen-bond donors (Lipinski definition) is 2. The van der Waals surface area contributed by atoms with Gasteiger partial charge in [0.05, 0.1) is 5.69 Å². The molecule has 0 bridgehead atoms. The van der Waals surface area contributed by atoms with Gasteiger partial charge in [0, 0.05) is 13.0 Å². The van der Waals surface area contributed by atoms with Crippen LogP contribution in [0.2, 0.25) is 0 Å². The van der Waals surface area contributed by atoms with Gasteiger partial charge in [-0.05, 0) is 31.0 Å². The molecule has 0 atom stereocenters. The number of anilines is 1. The Morgan fingerprint density at radius 2 is 1.95 bits per heavy atom. The van der Waals surface area contributed by atoms with Crippen molar-refractivity contribution in [2.45, 2.75) is 30.8 Å². The van der Waals surface area contributed by atoms with Gasteiger partial charge >= 0.3 is 6.18 Å². The first-order valence-corrected chi connectivity index (χ1v) is 7.03. The van der Waals surface area contributed by atoms with Gasteiger partial charge in [-0.25, -0.2) is 13.1 Å². The highest BCUT2D eigenvalue weighted by atomic mass is 32.2. The second-order valence-electron chi connectivity index (χ2n) is 4.16. The SMILES string of the molecule is Cc1ccc(S(=O)(=O)NCCCC(F)(F)F)c(N)c1. The van der Waals surface area contributed by atoms with E-state index in [9.17, 15) is 21.6 Å².